The highest BCUT2D eigenvalue weighted by Gasteiger charge is 2.54. The first kappa shape index (κ1) is 15.9. The topological polar surface area (TPSA) is 61.8 Å². The summed E-state index contributed by atoms with van der Waals surface area (Å²) in [5.74, 6) is 1.07. The Labute approximate surface area is 143 Å². The third-order valence-corrected chi connectivity index (χ3v) is 5.72. The predicted molar refractivity (Wildman–Crippen MR) is 90.9 cm³/mol. The number of nitrogens with one attached hydrogen (secondary N) is 1. The largest absolute Gasteiger partial charge is 0.393 e. The highest BCUT2D eigenvalue weighted by Crippen LogP contribution is 2.54. The van der Waals surface area contributed by atoms with Crippen LogP contribution in [0.4, 0.5) is 4.79 Å². The zero-order chi connectivity index (χ0) is 16.7. The van der Waals surface area contributed by atoms with E-state index in [-0.39, 0.29) is 18.1 Å². The molecule has 0 aromatic heterocycles. The third kappa shape index (κ3) is 2.91. The number of benzene rings is 1. The lowest BCUT2D eigenvalue weighted by Crippen LogP contribution is -2.53. The van der Waals surface area contributed by atoms with Gasteiger partial charge in [-0.05, 0) is 43.2 Å². The normalized spacial score (nSPS) is 32.5. The van der Waals surface area contributed by atoms with Gasteiger partial charge < -0.3 is 20.1 Å². The summed E-state index contributed by atoms with van der Waals surface area (Å²) in [5, 5.41) is 12.9. The van der Waals surface area contributed by atoms with E-state index in [4.69, 9.17) is 4.74 Å². The summed E-state index contributed by atoms with van der Waals surface area (Å²) in [6, 6.07) is 8.85. The lowest BCUT2D eigenvalue weighted by Gasteiger charge is -2.36. The molecular formula is C19H26N2O3. The number of hydrogen-bond donors (Lipinski definition) is 2. The summed E-state index contributed by atoms with van der Waals surface area (Å²) in [4.78, 5) is 14.6. The Balaban J connectivity index is 1.42. The summed E-state index contributed by atoms with van der Waals surface area (Å²) in [6.45, 7) is 3.45. The minimum absolute atomic E-state index is 0.000770. The molecule has 2 fully saturated rings. The standard InChI is InChI=1S/C19H26N2O3/c1-12(22)10-14-11-24-9-8-21(14)19(23)20-18-16-7-6-13-4-2-3-5-15(13)17(16)18/h2-5,12,14,16-18,22H,6-11H2,1H3,(H,20,23)/t12-,14+,16-,17-,18+/m0/s1. The maximum Gasteiger partial charge on any atom is 0.318 e. The molecule has 130 valence electrons. The van der Waals surface area contributed by atoms with Gasteiger partial charge in [-0.2, -0.15) is 0 Å². The van der Waals surface area contributed by atoms with Crippen molar-refractivity contribution in [2.75, 3.05) is 19.8 Å². The van der Waals surface area contributed by atoms with Crippen LogP contribution in [-0.4, -0.2) is 54.0 Å². The van der Waals surface area contributed by atoms with Crippen LogP contribution in [0.25, 0.3) is 0 Å². The van der Waals surface area contributed by atoms with Gasteiger partial charge in [0, 0.05) is 18.5 Å². The Kier molecular flexibility index (Phi) is 4.22. The molecular weight excluding hydrogens is 304 g/mol. The molecule has 1 saturated carbocycles. The monoisotopic (exact) mass is 330 g/mol. The number of ether oxygens (including phenoxy) is 1. The predicted octanol–water partition coefficient (Wildman–Crippen LogP) is 1.90. The Morgan fingerprint density at radius 2 is 2.29 bits per heavy atom. The van der Waals surface area contributed by atoms with Gasteiger partial charge in [0.05, 0.1) is 25.4 Å². The molecule has 0 radical (unpaired) electrons. The molecule has 24 heavy (non-hydrogen) atoms. The van der Waals surface area contributed by atoms with Crippen LogP contribution in [0.3, 0.4) is 0 Å². The van der Waals surface area contributed by atoms with Crippen LogP contribution in [0.2, 0.25) is 0 Å². The molecule has 2 N–H and O–H groups in total. The highest BCUT2D eigenvalue weighted by molar-refractivity contribution is 5.76. The second kappa shape index (κ2) is 6.37. The van der Waals surface area contributed by atoms with Crippen LogP contribution in [0.1, 0.15) is 36.8 Å². The zero-order valence-corrected chi connectivity index (χ0v) is 14.1. The lowest BCUT2D eigenvalue weighted by molar-refractivity contribution is -0.00445. The van der Waals surface area contributed by atoms with Gasteiger partial charge in [0.15, 0.2) is 0 Å². The second-order valence-electron chi connectivity index (χ2n) is 7.41. The number of fused-ring (bicyclic) bond motifs is 3. The van der Waals surface area contributed by atoms with Crippen LogP contribution in [0.15, 0.2) is 24.3 Å². The fraction of sp³-hybridized carbons (Fsp3) is 0.632. The molecule has 2 aliphatic carbocycles. The maximum absolute atomic E-state index is 12.8. The molecule has 5 atom stereocenters. The smallest absolute Gasteiger partial charge is 0.318 e. The molecule has 5 nitrogen and oxygen atoms in total. The van der Waals surface area contributed by atoms with Gasteiger partial charge in [-0.15, -0.1) is 0 Å². The van der Waals surface area contributed by atoms with Crippen molar-refractivity contribution in [2.45, 2.75) is 50.3 Å². The molecule has 3 aliphatic rings. The Bertz CT molecular complexity index is 618. The lowest BCUT2D eigenvalue weighted by atomic mass is 9.92. The summed E-state index contributed by atoms with van der Waals surface area (Å²) < 4.78 is 5.49. The average molecular weight is 330 g/mol. The van der Waals surface area contributed by atoms with E-state index in [0.717, 1.165) is 12.8 Å². The van der Waals surface area contributed by atoms with Gasteiger partial charge >= 0.3 is 6.03 Å². The number of morpholine rings is 1. The minimum atomic E-state index is -0.428. The zero-order valence-electron chi connectivity index (χ0n) is 14.1. The number of hydrogen-bond acceptors (Lipinski definition) is 3. The first-order valence-corrected chi connectivity index (χ1v) is 9.06. The Hall–Kier alpha value is -1.59. The first-order chi connectivity index (χ1) is 11.6. The summed E-state index contributed by atoms with van der Waals surface area (Å²) >= 11 is 0. The summed E-state index contributed by atoms with van der Waals surface area (Å²) in [6.07, 6.45) is 2.41. The summed E-state index contributed by atoms with van der Waals surface area (Å²) in [5.41, 5.74) is 2.86. The number of amides is 2. The molecule has 2 amide bonds. The summed E-state index contributed by atoms with van der Waals surface area (Å²) in [7, 11) is 0. The molecule has 1 aromatic rings. The van der Waals surface area contributed by atoms with Crippen molar-refractivity contribution >= 4 is 6.03 Å². The van der Waals surface area contributed by atoms with Gasteiger partial charge in [-0.25, -0.2) is 4.79 Å². The van der Waals surface area contributed by atoms with E-state index in [0.29, 0.717) is 38.0 Å². The van der Waals surface area contributed by atoms with E-state index in [9.17, 15) is 9.90 Å². The van der Waals surface area contributed by atoms with E-state index in [2.05, 4.69) is 29.6 Å². The third-order valence-electron chi connectivity index (χ3n) is 5.72. The van der Waals surface area contributed by atoms with Crippen LogP contribution < -0.4 is 5.32 Å². The first-order valence-electron chi connectivity index (χ1n) is 9.06. The number of rotatable bonds is 3. The van der Waals surface area contributed by atoms with Crippen molar-refractivity contribution in [3.63, 3.8) is 0 Å². The van der Waals surface area contributed by atoms with Crippen molar-refractivity contribution in [3.8, 4) is 0 Å². The van der Waals surface area contributed by atoms with E-state index in [1.165, 1.54) is 11.1 Å². The van der Waals surface area contributed by atoms with Crippen molar-refractivity contribution in [3.05, 3.63) is 35.4 Å². The fourth-order valence-electron chi connectivity index (χ4n) is 4.50. The van der Waals surface area contributed by atoms with Crippen molar-refractivity contribution < 1.29 is 14.6 Å². The van der Waals surface area contributed by atoms with E-state index < -0.39 is 6.10 Å². The number of aryl methyl sites for hydroxylation is 1. The van der Waals surface area contributed by atoms with E-state index in [1.807, 2.05) is 4.90 Å². The van der Waals surface area contributed by atoms with Crippen molar-refractivity contribution in [1.29, 1.82) is 0 Å². The average Bonchev–Trinajstić information content (AvgIpc) is 3.28. The van der Waals surface area contributed by atoms with E-state index >= 15 is 0 Å². The molecule has 0 unspecified atom stereocenters. The van der Waals surface area contributed by atoms with Gasteiger partial charge in [0.1, 0.15) is 0 Å². The fourth-order valence-corrected chi connectivity index (χ4v) is 4.50. The molecule has 4 rings (SSSR count). The SMILES string of the molecule is C[C@H](O)C[C@@H]1COCCN1C(=O)N[C@@H]1[C@H]2CCc3ccccc3[C@@H]21. The molecule has 1 saturated heterocycles. The number of carbonyl (C=O) groups is 1. The Morgan fingerprint density at radius 1 is 1.46 bits per heavy atom. The molecule has 1 aliphatic heterocycles. The number of carbonyl (C=O) groups excluding carboxylic acids is 1. The molecule has 1 heterocycles. The van der Waals surface area contributed by atoms with Crippen molar-refractivity contribution in [1.82, 2.24) is 10.2 Å². The maximum atomic E-state index is 12.8. The molecule has 1 aromatic carbocycles. The second-order valence-corrected chi connectivity index (χ2v) is 7.41. The van der Waals surface area contributed by atoms with Crippen LogP contribution in [0.5, 0.6) is 0 Å². The van der Waals surface area contributed by atoms with Gasteiger partial charge in [0.2, 0.25) is 0 Å². The Morgan fingerprint density at radius 3 is 3.12 bits per heavy atom. The number of nitrogens with zero attached hydrogens (tertiary/aromatic N) is 1. The number of aliphatic hydroxyl groups excluding tert-OH is 1. The molecule has 0 bridgehead atoms. The van der Waals surface area contributed by atoms with Gasteiger partial charge in [-0.1, -0.05) is 24.3 Å². The molecule has 5 heteroatoms. The highest BCUT2D eigenvalue weighted by atomic mass is 16.5. The number of aliphatic hydroxyl groups is 1. The van der Waals surface area contributed by atoms with Crippen LogP contribution in [0, 0.1) is 5.92 Å². The minimum Gasteiger partial charge on any atom is -0.393 e. The van der Waals surface area contributed by atoms with Gasteiger partial charge in [-0.3, -0.25) is 0 Å². The quantitative estimate of drug-likeness (QED) is 0.890. The molecule has 0 spiro atoms. The van der Waals surface area contributed by atoms with Crippen LogP contribution in [-0.2, 0) is 11.2 Å². The van der Waals surface area contributed by atoms with Crippen LogP contribution >= 0.6 is 0 Å². The van der Waals surface area contributed by atoms with E-state index in [1.54, 1.807) is 6.92 Å². The number of urea groups is 1. The van der Waals surface area contributed by atoms with Gasteiger partial charge in [0.25, 0.3) is 0 Å². The van der Waals surface area contributed by atoms with Crippen molar-refractivity contribution in [2.24, 2.45) is 5.92 Å².